The van der Waals surface area contributed by atoms with Gasteiger partial charge in [-0.25, -0.2) is 0 Å². The van der Waals surface area contributed by atoms with Crippen molar-refractivity contribution in [3.8, 4) is 11.5 Å². The minimum absolute atomic E-state index is 0.184. The van der Waals surface area contributed by atoms with Crippen LogP contribution in [0.4, 0.5) is 0 Å². The van der Waals surface area contributed by atoms with Crippen LogP contribution in [0.25, 0.3) is 24.3 Å². The van der Waals surface area contributed by atoms with E-state index in [-0.39, 0.29) is 35.3 Å². The summed E-state index contributed by atoms with van der Waals surface area (Å²) in [7, 11) is 0. The van der Waals surface area contributed by atoms with Gasteiger partial charge in [0.1, 0.15) is 11.5 Å². The first-order valence-electron chi connectivity index (χ1n) is 19.0. The van der Waals surface area contributed by atoms with Gasteiger partial charge in [0.15, 0.2) is 11.2 Å². The Morgan fingerprint density at radius 3 is 0.982 bits per heavy atom. The molecule has 0 amide bonds. The standard InChI is InChI=1S/2C25H20O3/c2*1-16-23(19-10-4-7-13-22(19)26)25(28-24(16)27)20-11-5-2-8-17(20)14-15-18-9-3-6-12-21(18)25/h2*2-16,23,26H,1H3/t2*16-,23+/m10/s1. The number of hydrogen-bond donors (Lipinski definition) is 2. The molecule has 0 bridgehead atoms. The zero-order chi connectivity index (χ0) is 38.6. The molecule has 2 spiro atoms. The van der Waals surface area contributed by atoms with Crippen molar-refractivity contribution in [1.82, 2.24) is 0 Å². The molecule has 6 nitrogen and oxygen atoms in total. The Hall–Kier alpha value is -6.66. The summed E-state index contributed by atoms with van der Waals surface area (Å²) in [6.45, 7) is 3.77. The Kier molecular flexibility index (Phi) is 8.50. The quantitative estimate of drug-likeness (QED) is 0.172. The van der Waals surface area contributed by atoms with E-state index in [4.69, 9.17) is 9.47 Å². The molecule has 2 aliphatic carbocycles. The summed E-state index contributed by atoms with van der Waals surface area (Å²) in [5.74, 6) is -1.61. The van der Waals surface area contributed by atoms with Crippen molar-refractivity contribution in [2.45, 2.75) is 36.9 Å². The van der Waals surface area contributed by atoms with Crippen molar-refractivity contribution in [2.75, 3.05) is 0 Å². The molecular weight excluding hydrogens is 697 g/mol. The molecule has 2 saturated heterocycles. The largest absolute Gasteiger partial charge is 0.508 e. The summed E-state index contributed by atoms with van der Waals surface area (Å²) >= 11 is 0. The number of hydrogen-bond acceptors (Lipinski definition) is 6. The third-order valence-corrected chi connectivity index (χ3v) is 12.0. The van der Waals surface area contributed by atoms with Crippen molar-refractivity contribution >= 4 is 36.2 Å². The van der Waals surface area contributed by atoms with Crippen LogP contribution in [0, 0.1) is 11.8 Å². The summed E-state index contributed by atoms with van der Waals surface area (Å²) in [6, 6.07) is 46.6. The fourth-order valence-corrected chi connectivity index (χ4v) is 9.55. The molecule has 6 aromatic carbocycles. The van der Waals surface area contributed by atoms with Crippen molar-refractivity contribution in [1.29, 1.82) is 0 Å². The Bertz CT molecular complexity index is 2300. The molecule has 10 rings (SSSR count). The highest BCUT2D eigenvalue weighted by molar-refractivity contribution is 5.86. The fraction of sp³-hybridized carbons (Fsp3) is 0.160. The maximum Gasteiger partial charge on any atom is 0.310 e. The topological polar surface area (TPSA) is 93.1 Å². The number of esters is 2. The summed E-state index contributed by atoms with van der Waals surface area (Å²) in [6.07, 6.45) is 8.28. The number of aromatic hydroxyl groups is 2. The van der Waals surface area contributed by atoms with Gasteiger partial charge >= 0.3 is 11.9 Å². The Morgan fingerprint density at radius 1 is 0.411 bits per heavy atom. The van der Waals surface area contributed by atoms with Crippen LogP contribution in [0.1, 0.15) is 81.3 Å². The summed E-state index contributed by atoms with van der Waals surface area (Å²) < 4.78 is 12.5. The Labute approximate surface area is 326 Å². The van der Waals surface area contributed by atoms with Gasteiger partial charge in [-0.2, -0.15) is 0 Å². The highest BCUT2D eigenvalue weighted by Gasteiger charge is 2.60. The molecule has 6 aromatic rings. The maximum absolute atomic E-state index is 13.0. The number of ether oxygens (including phenoxy) is 2. The van der Waals surface area contributed by atoms with Crippen molar-refractivity contribution in [2.24, 2.45) is 11.8 Å². The fourth-order valence-electron chi connectivity index (χ4n) is 9.55. The number of phenols is 2. The predicted molar refractivity (Wildman–Crippen MR) is 217 cm³/mol. The number of fused-ring (bicyclic) bond motifs is 8. The minimum atomic E-state index is -0.994. The van der Waals surface area contributed by atoms with E-state index < -0.39 is 23.0 Å². The van der Waals surface area contributed by atoms with Crippen LogP contribution in [-0.4, -0.2) is 22.2 Å². The lowest BCUT2D eigenvalue weighted by Crippen LogP contribution is -2.35. The summed E-state index contributed by atoms with van der Waals surface area (Å²) in [4.78, 5) is 25.9. The lowest BCUT2D eigenvalue weighted by Gasteiger charge is -2.37. The van der Waals surface area contributed by atoms with Gasteiger partial charge in [0.2, 0.25) is 0 Å². The second-order valence-electron chi connectivity index (χ2n) is 15.0. The molecule has 0 aromatic heterocycles. The zero-order valence-electron chi connectivity index (χ0n) is 31.0. The van der Waals surface area contributed by atoms with Crippen LogP contribution in [0.3, 0.4) is 0 Å². The number of rotatable bonds is 2. The molecule has 276 valence electrons. The minimum Gasteiger partial charge on any atom is -0.508 e. The SMILES string of the molecule is C[C@@H]1C(=O)OC2(c3ccccc3C=Cc3ccccc32)[C@H]1c1ccccc1O.C[C@H]1C(=O)OC2(c3ccccc3C=Cc3ccccc32)[C@@H]1c1ccccc1O. The number of carbonyl (C=O) groups is 2. The van der Waals surface area contributed by atoms with Crippen LogP contribution >= 0.6 is 0 Å². The van der Waals surface area contributed by atoms with Crippen molar-refractivity contribution in [3.05, 3.63) is 201 Å². The molecular formula is C50H40O6. The lowest BCUT2D eigenvalue weighted by molar-refractivity contribution is -0.149. The zero-order valence-corrected chi connectivity index (χ0v) is 31.0. The summed E-state index contributed by atoms with van der Waals surface area (Å²) in [5.41, 5.74) is 7.32. The highest BCUT2D eigenvalue weighted by atomic mass is 16.6. The predicted octanol–water partition coefficient (Wildman–Crippen LogP) is 10.2. The molecule has 6 heteroatoms. The van der Waals surface area contributed by atoms with E-state index in [1.165, 1.54) is 0 Å². The van der Waals surface area contributed by atoms with E-state index in [0.717, 1.165) is 55.6 Å². The van der Waals surface area contributed by atoms with Gasteiger partial charge in [0.25, 0.3) is 0 Å². The highest BCUT2D eigenvalue weighted by Crippen LogP contribution is 2.60. The molecule has 0 radical (unpaired) electrons. The lowest BCUT2D eigenvalue weighted by atomic mass is 9.68. The average Bonchev–Trinajstić information content (AvgIpc) is 3.52. The van der Waals surface area contributed by atoms with Crippen LogP contribution in [0.5, 0.6) is 11.5 Å². The number of carbonyl (C=O) groups excluding carboxylic acids is 2. The molecule has 0 saturated carbocycles. The average molecular weight is 737 g/mol. The van der Waals surface area contributed by atoms with Crippen molar-refractivity contribution < 1.29 is 29.3 Å². The van der Waals surface area contributed by atoms with Gasteiger partial charge in [-0.3, -0.25) is 9.59 Å². The number of para-hydroxylation sites is 2. The van der Waals surface area contributed by atoms with Gasteiger partial charge in [-0.1, -0.05) is 172 Å². The monoisotopic (exact) mass is 736 g/mol. The first-order valence-corrected chi connectivity index (χ1v) is 19.0. The molecule has 56 heavy (non-hydrogen) atoms. The van der Waals surface area contributed by atoms with E-state index >= 15 is 0 Å². The smallest absolute Gasteiger partial charge is 0.310 e. The summed E-state index contributed by atoms with van der Waals surface area (Å²) in [5, 5.41) is 21.3. The molecule has 0 unspecified atom stereocenters. The van der Waals surface area contributed by atoms with Gasteiger partial charge in [0.05, 0.1) is 11.8 Å². The van der Waals surface area contributed by atoms with Crippen LogP contribution in [0.15, 0.2) is 146 Å². The molecule has 2 aliphatic heterocycles. The number of benzene rings is 6. The molecule has 4 aliphatic rings. The van der Waals surface area contributed by atoms with Crippen LogP contribution in [0.2, 0.25) is 0 Å². The van der Waals surface area contributed by atoms with Crippen LogP contribution in [-0.2, 0) is 30.3 Å². The second kappa shape index (κ2) is 13.6. The first kappa shape index (κ1) is 35.1. The number of phenolic OH excluding ortho intramolecular Hbond substituents is 2. The van der Waals surface area contributed by atoms with Gasteiger partial charge in [-0.05, 0) is 34.4 Å². The second-order valence-corrected chi connectivity index (χ2v) is 15.0. The Balaban J connectivity index is 0.000000146. The molecule has 2 heterocycles. The first-order chi connectivity index (χ1) is 27.3. The van der Waals surface area contributed by atoms with Gasteiger partial charge in [0, 0.05) is 45.2 Å². The van der Waals surface area contributed by atoms with Crippen LogP contribution < -0.4 is 0 Å². The van der Waals surface area contributed by atoms with Crippen molar-refractivity contribution in [3.63, 3.8) is 0 Å². The van der Waals surface area contributed by atoms with E-state index in [2.05, 4.69) is 24.3 Å². The molecule has 2 fully saturated rings. The Morgan fingerprint density at radius 2 is 0.679 bits per heavy atom. The van der Waals surface area contributed by atoms with E-state index in [1.807, 2.05) is 135 Å². The van der Waals surface area contributed by atoms with Gasteiger partial charge in [-0.15, -0.1) is 0 Å². The maximum atomic E-state index is 13.0. The third-order valence-electron chi connectivity index (χ3n) is 12.0. The normalized spacial score (nSPS) is 21.7. The third kappa shape index (κ3) is 5.24. The van der Waals surface area contributed by atoms with Gasteiger partial charge < -0.3 is 19.7 Å². The van der Waals surface area contributed by atoms with E-state index in [0.29, 0.717) is 0 Å². The molecule has 2 N–H and O–H groups in total. The molecule has 4 atom stereocenters. The van der Waals surface area contributed by atoms with E-state index in [1.54, 1.807) is 24.3 Å². The van der Waals surface area contributed by atoms with E-state index in [9.17, 15) is 19.8 Å².